The lowest BCUT2D eigenvalue weighted by molar-refractivity contribution is 0.427. The van der Waals surface area contributed by atoms with E-state index in [2.05, 4.69) is 15.0 Å². The molecule has 3 rings (SSSR count). The fourth-order valence-corrected chi connectivity index (χ4v) is 4.34. The van der Waals surface area contributed by atoms with Crippen LogP contribution in [0.2, 0.25) is 0 Å². The molecule has 0 spiro atoms. The molecule has 2 fully saturated rings. The van der Waals surface area contributed by atoms with E-state index in [1.54, 1.807) is 12.3 Å². The van der Waals surface area contributed by atoms with Crippen LogP contribution in [0, 0.1) is 0 Å². The van der Waals surface area contributed by atoms with Gasteiger partial charge in [0.2, 0.25) is 10.0 Å². The van der Waals surface area contributed by atoms with Gasteiger partial charge in [-0.15, -0.1) is 0 Å². The van der Waals surface area contributed by atoms with Gasteiger partial charge >= 0.3 is 0 Å². The molecule has 2 aliphatic carbocycles. The summed E-state index contributed by atoms with van der Waals surface area (Å²) in [5.74, 6) is 0. The van der Waals surface area contributed by atoms with Gasteiger partial charge in [-0.1, -0.05) is 12.8 Å². The van der Waals surface area contributed by atoms with Gasteiger partial charge in [0.15, 0.2) is 0 Å². The lowest BCUT2D eigenvalue weighted by Crippen LogP contribution is -2.43. The molecule has 0 saturated heterocycles. The second kappa shape index (κ2) is 5.16. The van der Waals surface area contributed by atoms with Crippen LogP contribution in [0.15, 0.2) is 17.2 Å². The van der Waals surface area contributed by atoms with Crippen molar-refractivity contribution in [2.24, 2.45) is 0 Å². The standard InChI is InChI=1S/C14H23N3O2S/c1-14(6-2-3-7-14)17-20(18,19)13-8-12(16-10-13)9-15-11-4-5-11/h8,10-11,15-17H,2-7,9H2,1H3. The molecule has 1 aromatic rings. The van der Waals surface area contributed by atoms with Crippen molar-refractivity contribution in [2.75, 3.05) is 0 Å². The fourth-order valence-electron chi connectivity index (χ4n) is 2.86. The van der Waals surface area contributed by atoms with Crippen LogP contribution >= 0.6 is 0 Å². The number of hydrogen-bond acceptors (Lipinski definition) is 3. The Morgan fingerprint density at radius 3 is 2.70 bits per heavy atom. The summed E-state index contributed by atoms with van der Waals surface area (Å²) in [5, 5.41) is 3.37. The van der Waals surface area contributed by atoms with Gasteiger partial charge in [-0.2, -0.15) is 0 Å². The second-order valence-corrected chi connectivity index (χ2v) is 8.07. The first-order valence-electron chi connectivity index (χ1n) is 7.42. The smallest absolute Gasteiger partial charge is 0.242 e. The molecule has 2 aliphatic rings. The van der Waals surface area contributed by atoms with Crippen molar-refractivity contribution < 1.29 is 8.42 Å². The molecule has 112 valence electrons. The number of aromatic amines is 1. The highest BCUT2D eigenvalue weighted by Gasteiger charge is 2.33. The molecule has 0 bridgehead atoms. The summed E-state index contributed by atoms with van der Waals surface area (Å²) in [4.78, 5) is 3.40. The highest BCUT2D eigenvalue weighted by molar-refractivity contribution is 7.89. The number of aromatic nitrogens is 1. The van der Waals surface area contributed by atoms with E-state index in [1.807, 2.05) is 6.92 Å². The Bertz CT molecular complexity index is 569. The van der Waals surface area contributed by atoms with E-state index in [9.17, 15) is 8.42 Å². The third kappa shape index (κ3) is 3.24. The highest BCUT2D eigenvalue weighted by atomic mass is 32.2. The van der Waals surface area contributed by atoms with E-state index in [0.717, 1.165) is 31.4 Å². The Kier molecular flexibility index (Phi) is 3.64. The molecule has 2 saturated carbocycles. The molecular weight excluding hydrogens is 274 g/mol. The van der Waals surface area contributed by atoms with Gasteiger partial charge < -0.3 is 10.3 Å². The van der Waals surface area contributed by atoms with Crippen LogP contribution in [0.3, 0.4) is 0 Å². The van der Waals surface area contributed by atoms with Crippen LogP contribution < -0.4 is 10.0 Å². The Morgan fingerprint density at radius 2 is 2.05 bits per heavy atom. The SMILES string of the molecule is CC1(NS(=O)(=O)c2c[nH]c(CNC3CC3)c2)CCCC1. The molecule has 0 aliphatic heterocycles. The van der Waals surface area contributed by atoms with E-state index in [4.69, 9.17) is 0 Å². The zero-order valence-electron chi connectivity index (χ0n) is 11.9. The van der Waals surface area contributed by atoms with Gasteiger partial charge in [-0.25, -0.2) is 13.1 Å². The molecule has 20 heavy (non-hydrogen) atoms. The number of rotatable bonds is 6. The minimum absolute atomic E-state index is 0.275. The number of sulfonamides is 1. The molecule has 1 heterocycles. The van der Waals surface area contributed by atoms with Gasteiger partial charge in [0.25, 0.3) is 0 Å². The van der Waals surface area contributed by atoms with Crippen LogP contribution in [0.1, 0.15) is 51.1 Å². The molecular formula is C14H23N3O2S. The van der Waals surface area contributed by atoms with Gasteiger partial charge in [0.1, 0.15) is 0 Å². The molecule has 0 aromatic carbocycles. The van der Waals surface area contributed by atoms with Crippen molar-refractivity contribution in [3.05, 3.63) is 18.0 Å². The van der Waals surface area contributed by atoms with Gasteiger partial charge in [0, 0.05) is 30.0 Å². The summed E-state index contributed by atoms with van der Waals surface area (Å²) < 4.78 is 27.7. The minimum atomic E-state index is -3.41. The summed E-state index contributed by atoms with van der Waals surface area (Å²) in [6.45, 7) is 2.71. The Balaban J connectivity index is 1.66. The van der Waals surface area contributed by atoms with Crippen LogP contribution in [-0.4, -0.2) is 25.0 Å². The zero-order chi connectivity index (χ0) is 14.2. The Hall–Kier alpha value is -0.850. The van der Waals surface area contributed by atoms with Crippen LogP contribution in [0.4, 0.5) is 0 Å². The predicted molar refractivity (Wildman–Crippen MR) is 77.8 cm³/mol. The van der Waals surface area contributed by atoms with Gasteiger partial charge in [-0.3, -0.25) is 0 Å². The largest absolute Gasteiger partial charge is 0.363 e. The molecule has 6 heteroatoms. The van der Waals surface area contributed by atoms with Gasteiger partial charge in [-0.05, 0) is 38.7 Å². The molecule has 1 aromatic heterocycles. The molecule has 3 N–H and O–H groups in total. The molecule has 5 nitrogen and oxygen atoms in total. The van der Waals surface area contributed by atoms with Crippen molar-refractivity contribution in [3.63, 3.8) is 0 Å². The summed E-state index contributed by atoms with van der Waals surface area (Å²) in [5.41, 5.74) is 0.650. The second-order valence-electron chi connectivity index (χ2n) is 6.39. The number of hydrogen-bond donors (Lipinski definition) is 3. The van der Waals surface area contributed by atoms with Crippen molar-refractivity contribution in [1.82, 2.24) is 15.0 Å². The normalized spacial score (nSPS) is 22.2. The average molecular weight is 297 g/mol. The average Bonchev–Trinajstić information content (AvgIpc) is 2.90. The summed E-state index contributed by atoms with van der Waals surface area (Å²) in [7, 11) is -3.41. The van der Waals surface area contributed by atoms with E-state index < -0.39 is 10.0 Å². The lowest BCUT2D eigenvalue weighted by atomic mass is 10.0. The van der Waals surface area contributed by atoms with Crippen molar-refractivity contribution in [1.29, 1.82) is 0 Å². The zero-order valence-corrected chi connectivity index (χ0v) is 12.7. The molecule has 0 radical (unpaired) electrons. The van der Waals surface area contributed by atoms with E-state index >= 15 is 0 Å². The highest BCUT2D eigenvalue weighted by Crippen LogP contribution is 2.30. The number of nitrogens with one attached hydrogen (secondary N) is 3. The maximum atomic E-state index is 12.4. The van der Waals surface area contributed by atoms with E-state index in [1.165, 1.54) is 12.8 Å². The fraction of sp³-hybridized carbons (Fsp3) is 0.714. The van der Waals surface area contributed by atoms with Crippen LogP contribution in [-0.2, 0) is 16.6 Å². The third-order valence-corrected chi connectivity index (χ3v) is 5.89. The quantitative estimate of drug-likeness (QED) is 0.750. The lowest BCUT2D eigenvalue weighted by Gasteiger charge is -2.24. The Labute approximate surface area is 120 Å². The topological polar surface area (TPSA) is 74.0 Å². The first-order valence-corrected chi connectivity index (χ1v) is 8.90. The van der Waals surface area contributed by atoms with Crippen LogP contribution in [0.25, 0.3) is 0 Å². The third-order valence-electron chi connectivity index (χ3n) is 4.27. The summed E-state index contributed by atoms with van der Waals surface area (Å²) in [6, 6.07) is 2.35. The van der Waals surface area contributed by atoms with Crippen LogP contribution in [0.5, 0.6) is 0 Å². The van der Waals surface area contributed by atoms with E-state index in [-0.39, 0.29) is 5.54 Å². The minimum Gasteiger partial charge on any atom is -0.363 e. The summed E-state index contributed by atoms with van der Waals surface area (Å²) >= 11 is 0. The maximum Gasteiger partial charge on any atom is 0.242 e. The monoisotopic (exact) mass is 297 g/mol. The first kappa shape index (κ1) is 14.1. The summed E-state index contributed by atoms with van der Waals surface area (Å²) in [6.07, 6.45) is 8.09. The van der Waals surface area contributed by atoms with Gasteiger partial charge in [0.05, 0.1) is 4.90 Å². The van der Waals surface area contributed by atoms with Crippen molar-refractivity contribution in [2.45, 2.75) is 68.5 Å². The predicted octanol–water partition coefficient (Wildman–Crippen LogP) is 1.88. The molecule has 0 atom stereocenters. The molecule has 0 unspecified atom stereocenters. The molecule has 0 amide bonds. The van der Waals surface area contributed by atoms with E-state index in [0.29, 0.717) is 17.5 Å². The van der Waals surface area contributed by atoms with Crippen molar-refractivity contribution in [3.8, 4) is 0 Å². The maximum absolute atomic E-state index is 12.4. The first-order chi connectivity index (χ1) is 9.47. The number of H-pyrrole nitrogens is 1. The van der Waals surface area contributed by atoms with Crippen molar-refractivity contribution >= 4 is 10.0 Å². The Morgan fingerprint density at radius 1 is 1.35 bits per heavy atom.